The van der Waals surface area contributed by atoms with E-state index in [1.165, 1.54) is 23.4 Å². The molecule has 7 unspecified atom stereocenters. The van der Waals surface area contributed by atoms with Crippen LogP contribution < -0.4 is 10.1 Å². The Bertz CT molecular complexity index is 1860. The molecule has 2 fully saturated rings. The molecule has 0 radical (unpaired) electrons. The van der Waals surface area contributed by atoms with Gasteiger partial charge in [0.2, 0.25) is 28.0 Å². The molecule has 0 spiro atoms. The van der Waals surface area contributed by atoms with E-state index < -0.39 is 34.1 Å². The number of carbonyl (C=O) groups is 1. The van der Waals surface area contributed by atoms with Crippen LogP contribution >= 0.6 is 0 Å². The number of aromatic hydroxyl groups is 1. The Morgan fingerprint density at radius 1 is 1.09 bits per heavy atom. The molecule has 14 heteroatoms. The first kappa shape index (κ1) is 42.8. The maximum atomic E-state index is 15.1. The van der Waals surface area contributed by atoms with Crippen LogP contribution in [0.1, 0.15) is 96.0 Å². The van der Waals surface area contributed by atoms with Gasteiger partial charge in [-0.1, -0.05) is 37.1 Å². The quantitative estimate of drug-likeness (QED) is 0.0686. The van der Waals surface area contributed by atoms with E-state index in [2.05, 4.69) is 18.0 Å². The molecule has 4 N–H and O–H groups in total. The van der Waals surface area contributed by atoms with Crippen LogP contribution in [0.5, 0.6) is 11.5 Å². The van der Waals surface area contributed by atoms with Crippen molar-refractivity contribution in [2.45, 2.75) is 113 Å². The molecular formula is C43H59N3O10S. The number of nitrogens with zero attached hydrogens (tertiary/aromatic N) is 2. The minimum Gasteiger partial charge on any atom is -0.508 e. The van der Waals surface area contributed by atoms with E-state index in [9.17, 15) is 20.1 Å². The summed E-state index contributed by atoms with van der Waals surface area (Å²) in [6.07, 6.45) is 10.7. The molecular weight excluding hydrogens is 751 g/mol. The minimum atomic E-state index is -4.24. The summed E-state index contributed by atoms with van der Waals surface area (Å²) in [5.74, 6) is -2.23. The summed E-state index contributed by atoms with van der Waals surface area (Å²) in [6.45, 7) is 8.15. The molecule has 7 atom stereocenters. The lowest BCUT2D eigenvalue weighted by Gasteiger charge is -2.59. The molecule has 2 aromatic carbocycles. The summed E-state index contributed by atoms with van der Waals surface area (Å²) in [5.41, 5.74) is 2.68. The maximum absolute atomic E-state index is 15.1. The number of phenolic OH excluding ortho intramolecular Hbond substituents is 1. The number of unbranched alkanes of at least 4 members (excludes halogenated alkanes) is 2. The predicted molar refractivity (Wildman–Crippen MR) is 216 cm³/mol. The summed E-state index contributed by atoms with van der Waals surface area (Å²) in [7, 11) is -4.24. The van der Waals surface area contributed by atoms with Gasteiger partial charge in [-0.3, -0.25) is 4.79 Å². The number of ether oxygens (including phenoxy) is 3. The van der Waals surface area contributed by atoms with Crippen molar-refractivity contribution in [2.75, 3.05) is 38.3 Å². The van der Waals surface area contributed by atoms with Crippen LogP contribution in [0.15, 0.2) is 76.8 Å². The average molecular weight is 810 g/mol. The zero-order valence-electron chi connectivity index (χ0n) is 33.2. The number of nitrogens with one attached hydrogen (secondary N) is 1. The standard InChI is InChI=1S/C43H59N3O10S/c1-4-21-46(57(51,52)33-18-15-31(16-19-33)44-29(3)49)39-28-37(45-56-40-14-8-11-25-53-40)35-26-30(12-6-9-22-47)34(13-7-10-23-48)41-36-27-32(50)17-20-38(36)55-43(39,42(35)41)54-24-5-2/h5,15-20,26-27,30,34,39-42,47-48,50H,2,4,6-14,21-25,28H2,1,3H3,(H,44,49). The fourth-order valence-corrected chi connectivity index (χ4v) is 11.0. The predicted octanol–water partition coefficient (Wildman–Crippen LogP) is 6.61. The summed E-state index contributed by atoms with van der Waals surface area (Å²) >= 11 is 0. The molecule has 1 saturated carbocycles. The lowest BCUT2D eigenvalue weighted by Crippen LogP contribution is -2.70. The number of oxime groups is 1. The second-order valence-electron chi connectivity index (χ2n) is 15.5. The van der Waals surface area contributed by atoms with Crippen molar-refractivity contribution in [1.29, 1.82) is 0 Å². The zero-order chi connectivity index (χ0) is 40.6. The smallest absolute Gasteiger partial charge is 0.243 e. The first-order valence-electron chi connectivity index (χ1n) is 20.5. The van der Waals surface area contributed by atoms with Gasteiger partial charge < -0.3 is 39.7 Å². The molecule has 0 aromatic heterocycles. The van der Waals surface area contributed by atoms with Crippen molar-refractivity contribution in [1.82, 2.24) is 4.31 Å². The number of allylic oxidation sites excluding steroid dienone is 1. The number of carbonyl (C=O) groups excluding carboxylic acids is 1. The largest absolute Gasteiger partial charge is 0.508 e. The molecule has 2 aliphatic carbocycles. The fourth-order valence-electron chi connectivity index (χ4n) is 9.26. The molecule has 13 nitrogen and oxygen atoms in total. The second kappa shape index (κ2) is 19.3. The Hall–Kier alpha value is -3.79. The Morgan fingerprint density at radius 2 is 1.84 bits per heavy atom. The third kappa shape index (κ3) is 9.26. The van der Waals surface area contributed by atoms with E-state index in [4.69, 9.17) is 24.2 Å². The van der Waals surface area contributed by atoms with Gasteiger partial charge in [0.15, 0.2) is 0 Å². The monoisotopic (exact) mass is 809 g/mol. The minimum absolute atomic E-state index is 0.0159. The number of anilines is 1. The van der Waals surface area contributed by atoms with E-state index in [1.54, 1.807) is 36.4 Å². The molecule has 312 valence electrons. The normalized spacial score (nSPS) is 27.5. The van der Waals surface area contributed by atoms with Crippen LogP contribution in [0.2, 0.25) is 0 Å². The number of phenols is 1. The van der Waals surface area contributed by atoms with Crippen molar-refractivity contribution >= 4 is 27.3 Å². The highest BCUT2D eigenvalue weighted by Crippen LogP contribution is 2.62. The number of sulfonamides is 1. The Morgan fingerprint density at radius 3 is 2.51 bits per heavy atom. The maximum Gasteiger partial charge on any atom is 0.243 e. The first-order chi connectivity index (χ1) is 27.6. The van der Waals surface area contributed by atoms with Gasteiger partial charge in [-0.15, -0.1) is 6.58 Å². The second-order valence-corrected chi connectivity index (χ2v) is 17.4. The topological polar surface area (TPSA) is 176 Å². The van der Waals surface area contributed by atoms with E-state index >= 15 is 8.42 Å². The molecule has 2 heterocycles. The Kier molecular flexibility index (Phi) is 14.5. The summed E-state index contributed by atoms with van der Waals surface area (Å²) in [4.78, 5) is 18.0. The average Bonchev–Trinajstić information content (AvgIpc) is 3.20. The van der Waals surface area contributed by atoms with Gasteiger partial charge in [-0.05, 0) is 105 Å². The van der Waals surface area contributed by atoms with E-state index in [0.29, 0.717) is 49.4 Å². The van der Waals surface area contributed by atoms with Crippen LogP contribution in [0.4, 0.5) is 5.69 Å². The van der Waals surface area contributed by atoms with E-state index in [1.807, 2.05) is 6.92 Å². The number of fused-ring (bicyclic) bond motifs is 2. The highest BCUT2D eigenvalue weighted by molar-refractivity contribution is 7.89. The Labute approximate surface area is 336 Å². The van der Waals surface area contributed by atoms with Gasteiger partial charge in [0.05, 0.1) is 35.8 Å². The van der Waals surface area contributed by atoms with Crippen molar-refractivity contribution in [3.05, 3.63) is 72.3 Å². The molecule has 0 bridgehead atoms. The SMILES string of the molecule is C=CCOC12Oc3ccc(O)cc3C3C(CCCCO)C(CCCCO)C=C(C(=NOC4CCCCO4)CC1N(CCC)S(=O)(=O)c1ccc(NC(C)=O)cc1)C32. The number of aliphatic hydroxyl groups excluding tert-OH is 2. The molecule has 1 amide bonds. The Balaban J connectivity index is 1.58. The van der Waals surface area contributed by atoms with Gasteiger partial charge in [0.1, 0.15) is 11.5 Å². The summed E-state index contributed by atoms with van der Waals surface area (Å²) in [5, 5.41) is 38.1. The van der Waals surface area contributed by atoms with Crippen LogP contribution in [-0.2, 0) is 29.1 Å². The number of rotatable bonds is 19. The van der Waals surface area contributed by atoms with Crippen molar-refractivity contribution in [3.63, 3.8) is 0 Å². The lowest BCUT2D eigenvalue weighted by molar-refractivity contribution is -0.251. The lowest BCUT2D eigenvalue weighted by atomic mass is 9.55. The molecule has 4 aliphatic rings. The highest BCUT2D eigenvalue weighted by atomic mass is 32.2. The van der Waals surface area contributed by atoms with Gasteiger partial charge in [-0.25, -0.2) is 8.42 Å². The van der Waals surface area contributed by atoms with Crippen molar-refractivity contribution in [3.8, 4) is 11.5 Å². The number of amides is 1. The van der Waals surface area contributed by atoms with E-state index in [-0.39, 0.29) is 67.1 Å². The fraction of sp³-hybridized carbons (Fsp3) is 0.581. The van der Waals surface area contributed by atoms with Crippen LogP contribution in [0.25, 0.3) is 0 Å². The highest BCUT2D eigenvalue weighted by Gasteiger charge is 2.66. The molecule has 2 aromatic rings. The van der Waals surface area contributed by atoms with Crippen LogP contribution in [0, 0.1) is 17.8 Å². The van der Waals surface area contributed by atoms with Crippen LogP contribution in [-0.4, -0.2) is 90.8 Å². The number of hydrogen-bond donors (Lipinski definition) is 4. The third-order valence-corrected chi connectivity index (χ3v) is 13.6. The van der Waals surface area contributed by atoms with Gasteiger partial charge >= 0.3 is 0 Å². The molecule has 1 saturated heterocycles. The molecule has 57 heavy (non-hydrogen) atoms. The zero-order valence-corrected chi connectivity index (χ0v) is 34.0. The third-order valence-electron chi connectivity index (χ3n) is 11.6. The van der Waals surface area contributed by atoms with Gasteiger partial charge in [-0.2, -0.15) is 4.31 Å². The number of hydrogen-bond acceptors (Lipinski definition) is 11. The van der Waals surface area contributed by atoms with Crippen LogP contribution in [0.3, 0.4) is 0 Å². The van der Waals surface area contributed by atoms with Gasteiger partial charge in [0, 0.05) is 56.7 Å². The number of aliphatic hydroxyl groups is 2. The number of benzene rings is 2. The van der Waals surface area contributed by atoms with E-state index in [0.717, 1.165) is 49.7 Å². The summed E-state index contributed by atoms with van der Waals surface area (Å²) < 4.78 is 51.6. The summed E-state index contributed by atoms with van der Waals surface area (Å²) in [6, 6.07) is 10.2. The van der Waals surface area contributed by atoms with Gasteiger partial charge in [0.25, 0.3) is 0 Å². The molecule has 6 rings (SSSR count). The molecule has 2 aliphatic heterocycles. The van der Waals surface area contributed by atoms with Crippen molar-refractivity contribution < 1.29 is 47.6 Å². The van der Waals surface area contributed by atoms with Crippen molar-refractivity contribution in [2.24, 2.45) is 22.9 Å². The first-order valence-corrected chi connectivity index (χ1v) is 22.0.